The van der Waals surface area contributed by atoms with Gasteiger partial charge in [-0.15, -0.1) is 0 Å². The number of carbonyl (C=O) groups is 1. The van der Waals surface area contributed by atoms with Gasteiger partial charge in [-0.05, 0) is 40.1 Å². The van der Waals surface area contributed by atoms with Crippen LogP contribution in [0.4, 0.5) is 0 Å². The molecule has 4 aromatic rings. The number of hydrogen-bond acceptors (Lipinski definition) is 6. The molecule has 0 saturated heterocycles. The van der Waals surface area contributed by atoms with Crippen molar-refractivity contribution in [1.29, 1.82) is 0 Å². The average Bonchev–Trinajstić information content (AvgIpc) is 3.23. The third-order valence-electron chi connectivity index (χ3n) is 5.07. The van der Waals surface area contributed by atoms with Gasteiger partial charge in [0.1, 0.15) is 28.7 Å². The Hall–Kier alpha value is -3.09. The Balaban J connectivity index is 1.79. The van der Waals surface area contributed by atoms with E-state index in [0.29, 0.717) is 21.7 Å². The van der Waals surface area contributed by atoms with Crippen molar-refractivity contribution < 1.29 is 19.1 Å². The molecule has 0 saturated carbocycles. The number of thiophene rings is 1. The van der Waals surface area contributed by atoms with Crippen LogP contribution >= 0.6 is 22.9 Å². The summed E-state index contributed by atoms with van der Waals surface area (Å²) in [6, 6.07) is 10.0. The van der Waals surface area contributed by atoms with E-state index in [1.807, 2.05) is 16.8 Å². The van der Waals surface area contributed by atoms with Crippen molar-refractivity contribution in [2.75, 3.05) is 0 Å². The van der Waals surface area contributed by atoms with E-state index in [4.69, 9.17) is 20.8 Å². The molecule has 2 aromatic carbocycles. The van der Waals surface area contributed by atoms with Crippen LogP contribution in [0.25, 0.3) is 22.1 Å². The van der Waals surface area contributed by atoms with E-state index in [2.05, 4.69) is 0 Å². The van der Waals surface area contributed by atoms with E-state index >= 15 is 0 Å². The van der Waals surface area contributed by atoms with Gasteiger partial charge in [0, 0.05) is 22.6 Å². The predicted molar refractivity (Wildman–Crippen MR) is 111 cm³/mol. The zero-order valence-corrected chi connectivity index (χ0v) is 16.4. The van der Waals surface area contributed by atoms with Crippen molar-refractivity contribution in [1.82, 2.24) is 0 Å². The molecule has 0 bridgehead atoms. The quantitative estimate of drug-likeness (QED) is 0.348. The van der Waals surface area contributed by atoms with Crippen molar-refractivity contribution in [3.8, 4) is 22.6 Å². The molecular weight excluding hydrogens is 412 g/mol. The molecule has 0 radical (unpaired) electrons. The summed E-state index contributed by atoms with van der Waals surface area (Å²) in [6.45, 7) is 0. The molecule has 1 aliphatic heterocycles. The number of aromatic hydroxyl groups is 1. The van der Waals surface area contributed by atoms with Gasteiger partial charge in [0.05, 0.1) is 12.0 Å². The largest absolute Gasteiger partial charge is 0.507 e. The first kappa shape index (κ1) is 18.0. The van der Waals surface area contributed by atoms with Crippen molar-refractivity contribution in [2.45, 2.75) is 12.3 Å². The van der Waals surface area contributed by atoms with Crippen LogP contribution in [-0.2, 0) is 4.79 Å². The summed E-state index contributed by atoms with van der Waals surface area (Å²) in [7, 11) is 0. The fourth-order valence-electron chi connectivity index (χ4n) is 3.72. The molecule has 0 unspecified atom stereocenters. The summed E-state index contributed by atoms with van der Waals surface area (Å²) < 4.78 is 11.2. The lowest BCUT2D eigenvalue weighted by Crippen LogP contribution is -2.21. The van der Waals surface area contributed by atoms with Gasteiger partial charge in [-0.3, -0.25) is 9.59 Å². The zero-order valence-electron chi connectivity index (χ0n) is 14.8. The van der Waals surface area contributed by atoms with E-state index in [-0.39, 0.29) is 40.2 Å². The van der Waals surface area contributed by atoms with Gasteiger partial charge in [0.15, 0.2) is 0 Å². The first-order valence-electron chi connectivity index (χ1n) is 8.83. The summed E-state index contributed by atoms with van der Waals surface area (Å²) in [6.07, 6.45) is 1.50. The van der Waals surface area contributed by atoms with Crippen LogP contribution in [-0.4, -0.2) is 11.1 Å². The second kappa shape index (κ2) is 6.76. The molecule has 1 N–H and O–H groups in total. The maximum absolute atomic E-state index is 13.2. The van der Waals surface area contributed by atoms with Gasteiger partial charge in [-0.2, -0.15) is 11.3 Å². The first-order valence-corrected chi connectivity index (χ1v) is 10.1. The van der Waals surface area contributed by atoms with Gasteiger partial charge >= 0.3 is 5.97 Å². The van der Waals surface area contributed by atoms with E-state index in [0.717, 1.165) is 5.56 Å². The third-order valence-corrected chi connectivity index (χ3v) is 6.02. The molecule has 0 spiro atoms. The lowest BCUT2D eigenvalue weighted by Gasteiger charge is -2.25. The van der Waals surface area contributed by atoms with Crippen LogP contribution in [0.15, 0.2) is 62.6 Å². The van der Waals surface area contributed by atoms with Crippen LogP contribution in [0.2, 0.25) is 5.02 Å². The lowest BCUT2D eigenvalue weighted by atomic mass is 9.86. The number of hydrogen-bond donors (Lipinski definition) is 1. The molecule has 0 aliphatic carbocycles. The Morgan fingerprint density at radius 1 is 1.14 bits per heavy atom. The van der Waals surface area contributed by atoms with Crippen molar-refractivity contribution in [2.24, 2.45) is 0 Å². The van der Waals surface area contributed by atoms with Crippen molar-refractivity contribution in [3.05, 3.63) is 79.8 Å². The Labute approximate surface area is 173 Å². The Morgan fingerprint density at radius 3 is 2.66 bits per heavy atom. The molecule has 29 heavy (non-hydrogen) atoms. The molecule has 0 amide bonds. The summed E-state index contributed by atoms with van der Waals surface area (Å²) in [5.74, 6) is -0.787. The normalized spacial score (nSPS) is 15.9. The van der Waals surface area contributed by atoms with Gasteiger partial charge < -0.3 is 14.3 Å². The second-order valence-corrected chi connectivity index (χ2v) is 8.00. The summed E-state index contributed by atoms with van der Waals surface area (Å²) in [4.78, 5) is 25.3. The summed E-state index contributed by atoms with van der Waals surface area (Å²) >= 11 is 7.45. The van der Waals surface area contributed by atoms with Crippen LogP contribution in [0, 0.1) is 0 Å². The van der Waals surface area contributed by atoms with Gasteiger partial charge in [-0.25, -0.2) is 0 Å². The molecule has 2 aromatic heterocycles. The Kier molecular flexibility index (Phi) is 4.19. The molecule has 1 atom stereocenters. The molecule has 7 heteroatoms. The van der Waals surface area contributed by atoms with Crippen LogP contribution in [0.5, 0.6) is 11.5 Å². The smallest absolute Gasteiger partial charge is 0.312 e. The standard InChI is InChI=1S/C22H13ClO5S/c23-13-3-1-11(2-4-13)15-9-27-22-19-14(12-5-6-29-10-12)7-18(25)28-17(19)8-16(24)20(22)21(15)26/h1-6,8-10,14,24H,7H2/t14-/m1/s1. The third kappa shape index (κ3) is 2.92. The molecular formula is C22H13ClO5S. The van der Waals surface area contributed by atoms with Crippen molar-refractivity contribution in [3.63, 3.8) is 0 Å². The van der Waals surface area contributed by atoms with Crippen molar-refractivity contribution >= 4 is 39.9 Å². The minimum Gasteiger partial charge on any atom is -0.507 e. The summed E-state index contributed by atoms with van der Waals surface area (Å²) in [5.41, 5.74) is 2.33. The maximum atomic E-state index is 13.2. The molecule has 5 nitrogen and oxygen atoms in total. The van der Waals surface area contributed by atoms with Gasteiger partial charge in [0.25, 0.3) is 0 Å². The molecule has 3 heterocycles. The molecule has 144 valence electrons. The van der Waals surface area contributed by atoms with E-state index < -0.39 is 5.97 Å². The number of carbonyl (C=O) groups excluding carboxylic acids is 1. The average molecular weight is 425 g/mol. The monoisotopic (exact) mass is 424 g/mol. The number of benzene rings is 2. The lowest BCUT2D eigenvalue weighted by molar-refractivity contribution is -0.135. The molecule has 0 fully saturated rings. The second-order valence-electron chi connectivity index (χ2n) is 6.78. The number of ether oxygens (including phenoxy) is 1. The highest BCUT2D eigenvalue weighted by molar-refractivity contribution is 7.08. The van der Waals surface area contributed by atoms with Crippen LogP contribution < -0.4 is 10.2 Å². The number of fused-ring (bicyclic) bond motifs is 3. The fraction of sp³-hybridized carbons (Fsp3) is 0.0909. The van der Waals surface area contributed by atoms with Gasteiger partial charge in [-0.1, -0.05) is 23.7 Å². The first-order chi connectivity index (χ1) is 14.0. The van der Waals surface area contributed by atoms with E-state index in [9.17, 15) is 14.7 Å². The van der Waals surface area contributed by atoms with E-state index in [1.54, 1.807) is 24.3 Å². The number of halogens is 1. The molecule has 1 aliphatic rings. The summed E-state index contributed by atoms with van der Waals surface area (Å²) in [5, 5.41) is 15.0. The zero-order chi connectivity index (χ0) is 20.1. The highest BCUT2D eigenvalue weighted by Crippen LogP contribution is 2.45. The van der Waals surface area contributed by atoms with Crippen LogP contribution in [0.1, 0.15) is 23.5 Å². The van der Waals surface area contributed by atoms with E-state index in [1.165, 1.54) is 23.7 Å². The predicted octanol–water partition coefficient (Wildman–Crippen LogP) is 5.32. The highest BCUT2D eigenvalue weighted by atomic mass is 35.5. The Bertz CT molecular complexity index is 1310. The maximum Gasteiger partial charge on any atom is 0.312 e. The molecule has 5 rings (SSSR count). The number of esters is 1. The number of rotatable bonds is 2. The minimum atomic E-state index is -0.396. The highest BCUT2D eigenvalue weighted by Gasteiger charge is 2.33. The fourth-order valence-corrected chi connectivity index (χ4v) is 4.56. The number of phenols is 1. The SMILES string of the molecule is O=C1C[C@H](c2ccsc2)c2c(cc(O)c3c(=O)c(-c4ccc(Cl)cc4)coc23)O1. The number of phenolic OH excluding ortho intramolecular Hbond substituents is 1. The van der Waals surface area contributed by atoms with Gasteiger partial charge in [0.2, 0.25) is 5.43 Å². The van der Waals surface area contributed by atoms with Crippen LogP contribution in [0.3, 0.4) is 0 Å². The topological polar surface area (TPSA) is 76.7 Å². The minimum absolute atomic E-state index is 0.0642. The Morgan fingerprint density at radius 2 is 1.93 bits per heavy atom.